The van der Waals surface area contributed by atoms with Gasteiger partial charge in [-0.1, -0.05) is 39.0 Å². The number of anilines is 1. The molecular formula is C28H37N7O. The fraction of sp³-hybridized carbons (Fsp3) is 0.500. The van der Waals surface area contributed by atoms with Gasteiger partial charge in [-0.15, -0.1) is 0 Å². The molecule has 1 unspecified atom stereocenters. The van der Waals surface area contributed by atoms with Gasteiger partial charge in [0.25, 0.3) is 0 Å². The molecule has 1 saturated heterocycles. The molecule has 3 aromatic heterocycles. The van der Waals surface area contributed by atoms with Crippen LogP contribution < -0.4 is 4.90 Å². The molecule has 0 bridgehead atoms. The van der Waals surface area contributed by atoms with Crippen LogP contribution in [0.5, 0.6) is 0 Å². The summed E-state index contributed by atoms with van der Waals surface area (Å²) < 4.78 is 3.97. The van der Waals surface area contributed by atoms with Crippen LogP contribution in [-0.2, 0) is 25.4 Å². The maximum atomic E-state index is 10.7. The Balaban J connectivity index is 1.38. The van der Waals surface area contributed by atoms with E-state index < -0.39 is 0 Å². The van der Waals surface area contributed by atoms with Crippen molar-refractivity contribution in [3.05, 3.63) is 65.6 Å². The van der Waals surface area contributed by atoms with Gasteiger partial charge < -0.3 is 19.1 Å². The summed E-state index contributed by atoms with van der Waals surface area (Å²) in [6, 6.07) is 6.78. The van der Waals surface area contributed by atoms with E-state index >= 15 is 0 Å². The molecule has 0 radical (unpaired) electrons. The fourth-order valence-corrected chi connectivity index (χ4v) is 5.14. The Hall–Kier alpha value is -3.26. The highest BCUT2D eigenvalue weighted by atomic mass is 16.3. The molecule has 0 aliphatic carbocycles. The number of aryl methyl sites for hydroxylation is 2. The predicted molar refractivity (Wildman–Crippen MR) is 142 cm³/mol. The summed E-state index contributed by atoms with van der Waals surface area (Å²) in [5, 5.41) is 10.7. The Labute approximate surface area is 213 Å². The van der Waals surface area contributed by atoms with Gasteiger partial charge in [-0.05, 0) is 47.8 Å². The molecule has 1 aliphatic rings. The molecule has 0 spiro atoms. The van der Waals surface area contributed by atoms with Gasteiger partial charge in [0.15, 0.2) is 5.65 Å². The van der Waals surface area contributed by atoms with Crippen molar-refractivity contribution in [1.29, 1.82) is 0 Å². The summed E-state index contributed by atoms with van der Waals surface area (Å²) in [6.07, 6.45) is 9.39. The van der Waals surface area contributed by atoms with Crippen LogP contribution in [0.1, 0.15) is 56.0 Å². The van der Waals surface area contributed by atoms with E-state index in [1.165, 1.54) is 16.7 Å². The van der Waals surface area contributed by atoms with Crippen molar-refractivity contribution in [2.45, 2.75) is 65.0 Å². The van der Waals surface area contributed by atoms with Crippen molar-refractivity contribution in [2.24, 2.45) is 13.0 Å². The molecule has 1 atom stereocenters. The summed E-state index contributed by atoms with van der Waals surface area (Å²) >= 11 is 0. The first-order valence-electron chi connectivity index (χ1n) is 12.9. The van der Waals surface area contributed by atoms with E-state index in [1.807, 2.05) is 28.7 Å². The molecule has 5 rings (SSSR count). The number of nitrogens with zero attached hydrogens (tertiary/aromatic N) is 7. The lowest BCUT2D eigenvalue weighted by atomic mass is 9.84. The van der Waals surface area contributed by atoms with Crippen molar-refractivity contribution in [3.8, 4) is 0 Å². The van der Waals surface area contributed by atoms with Crippen molar-refractivity contribution < 1.29 is 5.11 Å². The van der Waals surface area contributed by atoms with Gasteiger partial charge in [0.2, 0.25) is 5.95 Å². The molecule has 4 aromatic rings. The largest absolute Gasteiger partial charge is 0.391 e. The average Bonchev–Trinajstić information content (AvgIpc) is 3.49. The third-order valence-corrected chi connectivity index (χ3v) is 7.53. The summed E-state index contributed by atoms with van der Waals surface area (Å²) in [5.41, 5.74) is 6.71. The molecule has 1 N–H and O–H groups in total. The van der Waals surface area contributed by atoms with Crippen LogP contribution in [-0.4, -0.2) is 53.4 Å². The smallest absolute Gasteiger partial charge is 0.227 e. The Morgan fingerprint density at radius 1 is 1.11 bits per heavy atom. The lowest BCUT2D eigenvalue weighted by Crippen LogP contribution is -2.40. The molecule has 4 heterocycles. The average molecular weight is 488 g/mol. The van der Waals surface area contributed by atoms with Crippen molar-refractivity contribution in [3.63, 3.8) is 0 Å². The zero-order valence-corrected chi connectivity index (χ0v) is 22.0. The fourth-order valence-electron chi connectivity index (χ4n) is 5.14. The van der Waals surface area contributed by atoms with E-state index in [-0.39, 0.29) is 17.4 Å². The normalized spacial score (nSPS) is 16.1. The second kappa shape index (κ2) is 9.65. The van der Waals surface area contributed by atoms with E-state index in [2.05, 4.69) is 60.8 Å². The van der Waals surface area contributed by atoms with Gasteiger partial charge in [0, 0.05) is 45.5 Å². The maximum Gasteiger partial charge on any atom is 0.227 e. The predicted octanol–water partition coefficient (Wildman–Crippen LogP) is 4.03. The zero-order valence-electron chi connectivity index (χ0n) is 22.0. The third kappa shape index (κ3) is 5.00. The van der Waals surface area contributed by atoms with Crippen molar-refractivity contribution in [1.82, 2.24) is 29.1 Å². The highest BCUT2D eigenvalue weighted by Crippen LogP contribution is 2.29. The van der Waals surface area contributed by atoms with E-state index in [1.54, 1.807) is 12.5 Å². The van der Waals surface area contributed by atoms with Gasteiger partial charge in [-0.3, -0.25) is 0 Å². The minimum atomic E-state index is -0.380. The summed E-state index contributed by atoms with van der Waals surface area (Å²) in [6.45, 7) is 11.1. The second-order valence-electron chi connectivity index (χ2n) is 11.2. The lowest BCUT2D eigenvalue weighted by molar-refractivity contribution is 0.0765. The first kappa shape index (κ1) is 24.4. The van der Waals surface area contributed by atoms with Gasteiger partial charge in [0.1, 0.15) is 5.52 Å². The van der Waals surface area contributed by atoms with Crippen LogP contribution in [0.3, 0.4) is 0 Å². The topological polar surface area (TPSA) is 84.9 Å². The van der Waals surface area contributed by atoms with E-state index in [0.29, 0.717) is 6.54 Å². The van der Waals surface area contributed by atoms with Crippen molar-refractivity contribution >= 4 is 17.1 Å². The highest BCUT2D eigenvalue weighted by Gasteiger charge is 2.27. The summed E-state index contributed by atoms with van der Waals surface area (Å²) in [4.78, 5) is 20.8. The number of aromatic nitrogens is 6. The molecule has 1 aliphatic heterocycles. The van der Waals surface area contributed by atoms with Crippen LogP contribution in [0.4, 0.5) is 5.95 Å². The Morgan fingerprint density at radius 3 is 2.58 bits per heavy atom. The molecule has 36 heavy (non-hydrogen) atoms. The maximum absolute atomic E-state index is 10.7. The first-order valence-corrected chi connectivity index (χ1v) is 12.9. The number of fused-ring (bicyclic) bond motifs is 1. The highest BCUT2D eigenvalue weighted by molar-refractivity contribution is 5.75. The standard InChI is InChI=1S/C28H37N7O/c1-19-6-7-22(28(2,3)4)14-21(19)15-23-25-26(30-18-33(25)5)32-27(31-23)35-11-8-20(9-12-35)24(36)16-34-13-10-29-17-34/h6-7,10,13-14,17-18,20,24,36H,8-9,11-12,15-16H2,1-5H3. The van der Waals surface area contributed by atoms with Gasteiger partial charge in [-0.2, -0.15) is 4.98 Å². The number of benzene rings is 1. The second-order valence-corrected chi connectivity index (χ2v) is 11.2. The van der Waals surface area contributed by atoms with Crippen LogP contribution in [0.15, 0.2) is 43.2 Å². The SMILES string of the molecule is Cc1ccc(C(C)(C)C)cc1Cc1nc(N2CCC(C(O)Cn3ccnc3)CC2)nc2ncn(C)c12. The Bertz CT molecular complexity index is 1330. The van der Waals surface area contributed by atoms with E-state index in [4.69, 9.17) is 9.97 Å². The molecular weight excluding hydrogens is 450 g/mol. The molecule has 0 saturated carbocycles. The number of piperidine rings is 1. The van der Waals surface area contributed by atoms with Crippen LogP contribution in [0.25, 0.3) is 11.2 Å². The summed E-state index contributed by atoms with van der Waals surface area (Å²) in [5.74, 6) is 0.993. The quantitative estimate of drug-likeness (QED) is 0.442. The molecule has 0 amide bonds. The minimum absolute atomic E-state index is 0.0912. The number of hydrogen-bond acceptors (Lipinski definition) is 6. The van der Waals surface area contributed by atoms with Gasteiger partial charge in [0.05, 0.1) is 24.5 Å². The third-order valence-electron chi connectivity index (χ3n) is 7.53. The summed E-state index contributed by atoms with van der Waals surface area (Å²) in [7, 11) is 2.01. The minimum Gasteiger partial charge on any atom is -0.391 e. The molecule has 1 aromatic carbocycles. The Kier molecular flexibility index (Phi) is 6.55. The van der Waals surface area contributed by atoms with Crippen molar-refractivity contribution in [2.75, 3.05) is 18.0 Å². The molecule has 8 nitrogen and oxygen atoms in total. The van der Waals surface area contributed by atoms with Gasteiger partial charge in [-0.25, -0.2) is 15.0 Å². The Morgan fingerprint density at radius 2 is 1.89 bits per heavy atom. The number of hydrogen-bond donors (Lipinski definition) is 1. The molecule has 8 heteroatoms. The van der Waals surface area contributed by atoms with E-state index in [9.17, 15) is 5.11 Å². The number of rotatable bonds is 6. The van der Waals surface area contributed by atoms with Crippen LogP contribution in [0, 0.1) is 12.8 Å². The monoisotopic (exact) mass is 487 g/mol. The first-order chi connectivity index (χ1) is 17.2. The number of imidazole rings is 2. The van der Waals surface area contributed by atoms with E-state index in [0.717, 1.165) is 55.2 Å². The zero-order chi connectivity index (χ0) is 25.4. The molecule has 1 fully saturated rings. The number of aliphatic hydroxyl groups excluding tert-OH is 1. The van der Waals surface area contributed by atoms with Gasteiger partial charge >= 0.3 is 0 Å². The van der Waals surface area contributed by atoms with Crippen LogP contribution in [0.2, 0.25) is 0 Å². The lowest BCUT2D eigenvalue weighted by Gasteiger charge is -2.34. The molecule has 190 valence electrons. The number of aliphatic hydroxyl groups is 1. The van der Waals surface area contributed by atoms with Crippen LogP contribution >= 0.6 is 0 Å².